The SMILES string of the molecule is O=C(NCC1(CO)CC1)Nc1ccccc1OC(F)(F)F. The first kappa shape index (κ1) is 15.4. The lowest BCUT2D eigenvalue weighted by Crippen LogP contribution is -2.35. The number of amides is 2. The third-order valence-electron chi connectivity index (χ3n) is 3.28. The Hall–Kier alpha value is -1.96. The van der Waals surface area contributed by atoms with E-state index in [0.29, 0.717) is 0 Å². The molecule has 0 spiro atoms. The minimum atomic E-state index is -4.83. The number of benzene rings is 1. The Morgan fingerprint density at radius 1 is 1.33 bits per heavy atom. The molecule has 0 bridgehead atoms. The maximum atomic E-state index is 12.2. The molecule has 0 atom stereocenters. The third-order valence-corrected chi connectivity index (χ3v) is 3.28. The molecule has 0 radical (unpaired) electrons. The highest BCUT2D eigenvalue weighted by Crippen LogP contribution is 2.44. The molecule has 0 heterocycles. The second kappa shape index (κ2) is 5.80. The normalized spacial score (nSPS) is 16.2. The van der Waals surface area contributed by atoms with Gasteiger partial charge in [-0.1, -0.05) is 12.1 Å². The number of rotatable bonds is 5. The summed E-state index contributed by atoms with van der Waals surface area (Å²) < 4.78 is 40.5. The number of para-hydroxylation sites is 2. The minimum Gasteiger partial charge on any atom is -0.404 e. The summed E-state index contributed by atoms with van der Waals surface area (Å²) >= 11 is 0. The molecule has 1 fully saturated rings. The van der Waals surface area contributed by atoms with Gasteiger partial charge in [-0.05, 0) is 25.0 Å². The van der Waals surface area contributed by atoms with Crippen LogP contribution in [-0.2, 0) is 0 Å². The standard InChI is InChI=1S/C13H15F3N2O3/c14-13(15,16)21-10-4-2-1-3-9(10)18-11(20)17-7-12(8-19)5-6-12/h1-4,19H,5-8H2,(H2,17,18,20). The van der Waals surface area contributed by atoms with Crippen LogP contribution in [0.4, 0.5) is 23.7 Å². The summed E-state index contributed by atoms with van der Waals surface area (Å²) in [5, 5.41) is 13.9. The van der Waals surface area contributed by atoms with E-state index in [1.807, 2.05) is 0 Å². The Bertz CT molecular complexity index is 516. The Labute approximate surface area is 119 Å². The van der Waals surface area contributed by atoms with Crippen molar-refractivity contribution in [3.8, 4) is 5.75 Å². The monoisotopic (exact) mass is 304 g/mol. The zero-order valence-electron chi connectivity index (χ0n) is 11.0. The average Bonchev–Trinajstić information content (AvgIpc) is 3.18. The predicted molar refractivity (Wildman–Crippen MR) is 68.9 cm³/mol. The fourth-order valence-electron chi connectivity index (χ4n) is 1.79. The quantitative estimate of drug-likeness (QED) is 0.782. The van der Waals surface area contributed by atoms with Gasteiger partial charge in [0, 0.05) is 12.0 Å². The van der Waals surface area contributed by atoms with Crippen LogP contribution < -0.4 is 15.4 Å². The molecule has 1 aliphatic carbocycles. The van der Waals surface area contributed by atoms with Gasteiger partial charge >= 0.3 is 12.4 Å². The lowest BCUT2D eigenvalue weighted by Gasteiger charge is -2.16. The summed E-state index contributed by atoms with van der Waals surface area (Å²) in [4.78, 5) is 11.7. The Morgan fingerprint density at radius 2 is 2.00 bits per heavy atom. The van der Waals surface area contributed by atoms with Crippen molar-refractivity contribution in [3.63, 3.8) is 0 Å². The molecule has 1 aromatic carbocycles. The van der Waals surface area contributed by atoms with Crippen molar-refractivity contribution < 1.29 is 27.8 Å². The second-order valence-electron chi connectivity index (χ2n) is 5.01. The molecule has 0 unspecified atom stereocenters. The topological polar surface area (TPSA) is 70.6 Å². The second-order valence-corrected chi connectivity index (χ2v) is 5.01. The number of carbonyl (C=O) groups is 1. The van der Waals surface area contributed by atoms with Crippen LogP contribution in [0.15, 0.2) is 24.3 Å². The highest BCUT2D eigenvalue weighted by atomic mass is 19.4. The third kappa shape index (κ3) is 4.52. The summed E-state index contributed by atoms with van der Waals surface area (Å²) in [7, 11) is 0. The summed E-state index contributed by atoms with van der Waals surface area (Å²) in [5.74, 6) is -0.483. The van der Waals surface area contributed by atoms with E-state index < -0.39 is 18.1 Å². The van der Waals surface area contributed by atoms with Crippen LogP contribution in [-0.4, -0.2) is 30.7 Å². The zero-order chi connectivity index (χ0) is 15.5. The Balaban J connectivity index is 1.94. The number of carbonyl (C=O) groups excluding carboxylic acids is 1. The van der Waals surface area contributed by atoms with E-state index in [9.17, 15) is 18.0 Å². The van der Waals surface area contributed by atoms with Gasteiger partial charge in [0.1, 0.15) is 0 Å². The highest BCUT2D eigenvalue weighted by molar-refractivity contribution is 5.90. The van der Waals surface area contributed by atoms with E-state index in [4.69, 9.17) is 5.11 Å². The van der Waals surface area contributed by atoms with Crippen molar-refractivity contribution in [2.24, 2.45) is 5.41 Å². The number of ether oxygens (including phenoxy) is 1. The minimum absolute atomic E-state index is 0.0267. The molecule has 1 aliphatic rings. The predicted octanol–water partition coefficient (Wildman–Crippen LogP) is 2.48. The molecular weight excluding hydrogens is 289 g/mol. The smallest absolute Gasteiger partial charge is 0.404 e. The average molecular weight is 304 g/mol. The van der Waals surface area contributed by atoms with Gasteiger partial charge in [0.05, 0.1) is 12.3 Å². The van der Waals surface area contributed by atoms with E-state index in [1.165, 1.54) is 18.2 Å². The van der Waals surface area contributed by atoms with E-state index in [-0.39, 0.29) is 24.3 Å². The van der Waals surface area contributed by atoms with Crippen molar-refractivity contribution in [1.29, 1.82) is 0 Å². The lowest BCUT2D eigenvalue weighted by molar-refractivity contribution is -0.274. The Morgan fingerprint density at radius 3 is 2.57 bits per heavy atom. The van der Waals surface area contributed by atoms with Crippen LogP contribution in [0.2, 0.25) is 0 Å². The van der Waals surface area contributed by atoms with Gasteiger partial charge in [0.15, 0.2) is 5.75 Å². The van der Waals surface area contributed by atoms with Gasteiger partial charge in [0.25, 0.3) is 0 Å². The summed E-state index contributed by atoms with van der Waals surface area (Å²) in [6.07, 6.45) is -3.20. The number of urea groups is 1. The summed E-state index contributed by atoms with van der Waals surface area (Å²) in [5.41, 5.74) is -0.361. The molecule has 5 nitrogen and oxygen atoms in total. The van der Waals surface area contributed by atoms with Crippen molar-refractivity contribution in [3.05, 3.63) is 24.3 Å². The van der Waals surface area contributed by atoms with Crippen LogP contribution in [0.5, 0.6) is 5.75 Å². The van der Waals surface area contributed by atoms with Crippen molar-refractivity contribution in [2.75, 3.05) is 18.5 Å². The first-order chi connectivity index (χ1) is 9.84. The first-order valence-corrected chi connectivity index (χ1v) is 6.34. The van der Waals surface area contributed by atoms with Crippen molar-refractivity contribution in [1.82, 2.24) is 5.32 Å². The number of nitrogens with one attached hydrogen (secondary N) is 2. The molecule has 0 aliphatic heterocycles. The van der Waals surface area contributed by atoms with Gasteiger partial charge in [0.2, 0.25) is 0 Å². The van der Waals surface area contributed by atoms with Gasteiger partial charge in [-0.2, -0.15) is 0 Å². The molecule has 1 aromatic rings. The molecule has 8 heteroatoms. The largest absolute Gasteiger partial charge is 0.573 e. The number of anilines is 1. The van der Waals surface area contributed by atoms with E-state index >= 15 is 0 Å². The molecule has 3 N–H and O–H groups in total. The molecule has 2 rings (SSSR count). The maximum Gasteiger partial charge on any atom is 0.573 e. The number of halogens is 3. The molecular formula is C13H15F3N2O3. The molecule has 21 heavy (non-hydrogen) atoms. The Kier molecular flexibility index (Phi) is 4.26. The van der Waals surface area contributed by atoms with Crippen LogP contribution in [0.3, 0.4) is 0 Å². The van der Waals surface area contributed by atoms with Crippen LogP contribution in [0.1, 0.15) is 12.8 Å². The molecule has 0 aromatic heterocycles. The van der Waals surface area contributed by atoms with E-state index in [0.717, 1.165) is 18.9 Å². The maximum absolute atomic E-state index is 12.2. The van der Waals surface area contributed by atoms with Crippen LogP contribution >= 0.6 is 0 Å². The van der Waals surface area contributed by atoms with Gasteiger partial charge in [-0.15, -0.1) is 13.2 Å². The number of aliphatic hydroxyl groups excluding tert-OH is 1. The van der Waals surface area contributed by atoms with E-state index in [1.54, 1.807) is 0 Å². The van der Waals surface area contributed by atoms with Crippen LogP contribution in [0.25, 0.3) is 0 Å². The fourth-order valence-corrected chi connectivity index (χ4v) is 1.79. The summed E-state index contributed by atoms with van der Waals surface area (Å²) in [6.45, 7) is 0.249. The number of hydrogen-bond donors (Lipinski definition) is 3. The fraction of sp³-hybridized carbons (Fsp3) is 0.462. The lowest BCUT2D eigenvalue weighted by atomic mass is 10.1. The van der Waals surface area contributed by atoms with Gasteiger partial charge < -0.3 is 20.5 Å². The highest BCUT2D eigenvalue weighted by Gasteiger charge is 2.42. The zero-order valence-corrected chi connectivity index (χ0v) is 11.0. The number of alkyl halides is 3. The number of hydrogen-bond acceptors (Lipinski definition) is 3. The van der Waals surface area contributed by atoms with Crippen molar-refractivity contribution in [2.45, 2.75) is 19.2 Å². The first-order valence-electron chi connectivity index (χ1n) is 6.34. The van der Waals surface area contributed by atoms with Gasteiger partial charge in [-0.3, -0.25) is 0 Å². The van der Waals surface area contributed by atoms with Crippen molar-refractivity contribution >= 4 is 11.7 Å². The summed E-state index contributed by atoms with van der Waals surface area (Å²) in [6, 6.07) is 4.62. The number of aliphatic hydroxyl groups is 1. The van der Waals surface area contributed by atoms with Gasteiger partial charge in [-0.25, -0.2) is 4.79 Å². The molecule has 2 amide bonds. The van der Waals surface area contributed by atoms with Crippen LogP contribution in [0, 0.1) is 5.41 Å². The van der Waals surface area contributed by atoms with E-state index in [2.05, 4.69) is 15.4 Å². The molecule has 1 saturated carbocycles. The molecule has 0 saturated heterocycles. The molecule has 116 valence electrons.